The van der Waals surface area contributed by atoms with Gasteiger partial charge in [0.2, 0.25) is 0 Å². The highest BCUT2D eigenvalue weighted by atomic mass is 35.5. The van der Waals surface area contributed by atoms with Crippen LogP contribution in [-0.2, 0) is 11.3 Å². The quantitative estimate of drug-likeness (QED) is 0.519. The molecule has 0 radical (unpaired) electrons. The summed E-state index contributed by atoms with van der Waals surface area (Å²) in [5.41, 5.74) is 3.30. The topological polar surface area (TPSA) is 89.9 Å². The molecule has 0 saturated heterocycles. The lowest BCUT2D eigenvalue weighted by atomic mass is 10.2. The number of hydrogen-bond acceptors (Lipinski definition) is 5. The number of H-pyrrole nitrogens is 1. The first kappa shape index (κ1) is 18.9. The Morgan fingerprint density at radius 2 is 1.90 bits per heavy atom. The van der Waals surface area contributed by atoms with Gasteiger partial charge < -0.3 is 9.72 Å². The van der Waals surface area contributed by atoms with Crippen molar-refractivity contribution < 1.29 is 9.53 Å². The molecule has 4 aromatic rings. The second kappa shape index (κ2) is 7.52. The van der Waals surface area contributed by atoms with Crippen molar-refractivity contribution >= 4 is 28.5 Å². The van der Waals surface area contributed by atoms with Gasteiger partial charge in [0.25, 0.3) is 5.56 Å². The van der Waals surface area contributed by atoms with Crippen LogP contribution < -0.4 is 5.56 Å². The Labute approximate surface area is 170 Å². The van der Waals surface area contributed by atoms with Crippen molar-refractivity contribution in [2.24, 2.45) is 0 Å². The summed E-state index contributed by atoms with van der Waals surface area (Å²) >= 11 is 5.96. The summed E-state index contributed by atoms with van der Waals surface area (Å²) in [6, 6.07) is 13.7. The number of nitrogens with zero attached hydrogens (tertiary/aromatic N) is 3. The number of aromatic amines is 1. The lowest BCUT2D eigenvalue weighted by Crippen LogP contribution is -2.14. The summed E-state index contributed by atoms with van der Waals surface area (Å²) in [7, 11) is 0. The van der Waals surface area contributed by atoms with Gasteiger partial charge in [0.15, 0.2) is 0 Å². The number of hydrogen-bond donors (Lipinski definition) is 1. The maximum absolute atomic E-state index is 12.4. The van der Waals surface area contributed by atoms with Crippen molar-refractivity contribution in [3.05, 3.63) is 86.7 Å². The van der Waals surface area contributed by atoms with Crippen molar-refractivity contribution in [2.45, 2.75) is 20.5 Å². The molecule has 0 unspecified atom stereocenters. The lowest BCUT2D eigenvalue weighted by molar-refractivity contribution is 0.0462. The molecule has 29 heavy (non-hydrogen) atoms. The zero-order valence-electron chi connectivity index (χ0n) is 15.8. The van der Waals surface area contributed by atoms with Crippen LogP contribution in [0.4, 0.5) is 0 Å². The summed E-state index contributed by atoms with van der Waals surface area (Å²) < 4.78 is 7.10. The first-order valence-corrected chi connectivity index (χ1v) is 9.28. The Hall–Kier alpha value is -3.45. The monoisotopic (exact) mass is 408 g/mol. The van der Waals surface area contributed by atoms with Crippen LogP contribution in [-0.4, -0.2) is 25.7 Å². The van der Waals surface area contributed by atoms with Crippen LogP contribution in [0.2, 0.25) is 5.02 Å². The second-order valence-electron chi connectivity index (χ2n) is 6.64. The molecule has 4 rings (SSSR count). The molecule has 2 heterocycles. The van der Waals surface area contributed by atoms with Gasteiger partial charge in [-0.2, -0.15) is 5.10 Å². The number of carbonyl (C=O) groups is 1. The van der Waals surface area contributed by atoms with E-state index in [4.69, 9.17) is 16.3 Å². The van der Waals surface area contributed by atoms with Crippen molar-refractivity contribution in [2.75, 3.05) is 0 Å². The fourth-order valence-corrected chi connectivity index (χ4v) is 3.24. The fraction of sp³-hybridized carbons (Fsp3) is 0.143. The van der Waals surface area contributed by atoms with Crippen LogP contribution in [0.25, 0.3) is 16.6 Å². The minimum Gasteiger partial charge on any atom is -0.454 e. The van der Waals surface area contributed by atoms with Crippen LogP contribution in [0.15, 0.2) is 53.3 Å². The van der Waals surface area contributed by atoms with E-state index in [9.17, 15) is 9.59 Å². The number of nitrogens with one attached hydrogen (secondary N) is 1. The third-order valence-electron chi connectivity index (χ3n) is 4.41. The molecule has 0 fully saturated rings. The van der Waals surface area contributed by atoms with E-state index in [-0.39, 0.29) is 18.0 Å². The summed E-state index contributed by atoms with van der Waals surface area (Å²) in [6.45, 7) is 3.73. The molecule has 0 aliphatic heterocycles. The average molecular weight is 409 g/mol. The molecule has 146 valence electrons. The Morgan fingerprint density at radius 1 is 1.14 bits per heavy atom. The van der Waals surface area contributed by atoms with Gasteiger partial charge in [-0.15, -0.1) is 0 Å². The summed E-state index contributed by atoms with van der Waals surface area (Å²) in [4.78, 5) is 31.4. The maximum Gasteiger partial charge on any atom is 0.338 e. The highest BCUT2D eigenvalue weighted by Crippen LogP contribution is 2.16. The van der Waals surface area contributed by atoms with Crippen LogP contribution in [0, 0.1) is 13.8 Å². The van der Waals surface area contributed by atoms with Crippen LogP contribution in [0.1, 0.15) is 27.6 Å². The summed E-state index contributed by atoms with van der Waals surface area (Å²) in [5.74, 6) is -0.267. The van der Waals surface area contributed by atoms with E-state index in [1.54, 1.807) is 47.1 Å². The van der Waals surface area contributed by atoms with Gasteiger partial charge in [0.1, 0.15) is 12.4 Å². The Bertz CT molecular complexity index is 1280. The van der Waals surface area contributed by atoms with E-state index in [0.717, 1.165) is 17.1 Å². The molecule has 0 spiro atoms. The standard InChI is InChI=1S/C21H17ClN4O3/c1-12-9-13(2)26(25-12)16-6-3-14(4-7-16)21(28)29-11-19-23-18-10-15(22)5-8-17(18)20(27)24-19/h3-10H,11H2,1-2H3,(H,23,24,27). The molecule has 0 saturated carbocycles. The molecule has 0 atom stereocenters. The number of benzene rings is 2. The predicted molar refractivity (Wildman–Crippen MR) is 110 cm³/mol. The molecular weight excluding hydrogens is 392 g/mol. The number of rotatable bonds is 4. The number of aryl methyl sites for hydroxylation is 2. The van der Waals surface area contributed by atoms with Gasteiger partial charge in [0.05, 0.1) is 27.8 Å². The molecule has 8 heteroatoms. The Balaban J connectivity index is 1.49. The van der Waals surface area contributed by atoms with Gasteiger partial charge in [-0.05, 0) is 62.4 Å². The zero-order valence-corrected chi connectivity index (χ0v) is 16.5. The predicted octanol–water partition coefficient (Wildman–Crippen LogP) is 3.74. The lowest BCUT2D eigenvalue weighted by Gasteiger charge is -2.07. The number of carbonyl (C=O) groups excluding carboxylic acids is 1. The molecule has 0 bridgehead atoms. The minimum atomic E-state index is -0.515. The third kappa shape index (κ3) is 3.90. The zero-order chi connectivity index (χ0) is 20.5. The van der Waals surface area contributed by atoms with Crippen LogP contribution in [0.5, 0.6) is 0 Å². The van der Waals surface area contributed by atoms with E-state index in [1.165, 1.54) is 0 Å². The van der Waals surface area contributed by atoms with Crippen molar-refractivity contribution in [3.63, 3.8) is 0 Å². The van der Waals surface area contributed by atoms with Crippen molar-refractivity contribution in [1.29, 1.82) is 0 Å². The average Bonchev–Trinajstić information content (AvgIpc) is 3.04. The van der Waals surface area contributed by atoms with Gasteiger partial charge in [-0.25, -0.2) is 14.5 Å². The van der Waals surface area contributed by atoms with E-state index in [1.807, 2.05) is 19.9 Å². The van der Waals surface area contributed by atoms with Gasteiger partial charge >= 0.3 is 5.97 Å². The van der Waals surface area contributed by atoms with Crippen molar-refractivity contribution in [1.82, 2.24) is 19.7 Å². The molecule has 0 amide bonds. The Morgan fingerprint density at radius 3 is 2.59 bits per heavy atom. The molecular formula is C21H17ClN4O3. The number of halogens is 1. The first-order valence-electron chi connectivity index (χ1n) is 8.90. The summed E-state index contributed by atoms with van der Waals surface area (Å²) in [5, 5.41) is 5.31. The number of ether oxygens (including phenoxy) is 1. The first-order chi connectivity index (χ1) is 13.9. The van der Waals surface area contributed by atoms with E-state index in [0.29, 0.717) is 21.5 Å². The van der Waals surface area contributed by atoms with Crippen LogP contribution in [0.3, 0.4) is 0 Å². The maximum atomic E-state index is 12.4. The van der Waals surface area contributed by atoms with Crippen LogP contribution >= 0.6 is 11.6 Å². The highest BCUT2D eigenvalue weighted by molar-refractivity contribution is 6.31. The molecule has 1 N–H and O–H groups in total. The van der Waals surface area contributed by atoms with Crippen molar-refractivity contribution in [3.8, 4) is 5.69 Å². The number of fused-ring (bicyclic) bond motifs is 1. The van der Waals surface area contributed by atoms with E-state index >= 15 is 0 Å². The second-order valence-corrected chi connectivity index (χ2v) is 7.07. The van der Waals surface area contributed by atoms with Gasteiger partial charge in [-0.1, -0.05) is 11.6 Å². The van der Waals surface area contributed by atoms with E-state index in [2.05, 4.69) is 15.1 Å². The van der Waals surface area contributed by atoms with Gasteiger partial charge in [0, 0.05) is 10.7 Å². The smallest absolute Gasteiger partial charge is 0.338 e. The van der Waals surface area contributed by atoms with Gasteiger partial charge in [-0.3, -0.25) is 4.79 Å². The largest absolute Gasteiger partial charge is 0.454 e. The molecule has 0 aliphatic rings. The normalized spacial score (nSPS) is 11.0. The molecule has 2 aromatic heterocycles. The Kier molecular flexibility index (Phi) is 4.90. The third-order valence-corrected chi connectivity index (χ3v) is 4.65. The highest BCUT2D eigenvalue weighted by Gasteiger charge is 2.11. The molecule has 7 nitrogen and oxygen atoms in total. The SMILES string of the molecule is Cc1cc(C)n(-c2ccc(C(=O)OCc3nc4cc(Cl)ccc4c(=O)[nH]3)cc2)n1. The summed E-state index contributed by atoms with van der Waals surface area (Å²) in [6.07, 6.45) is 0. The molecule has 2 aromatic carbocycles. The molecule has 0 aliphatic carbocycles. The van der Waals surface area contributed by atoms with E-state index < -0.39 is 5.97 Å². The fourth-order valence-electron chi connectivity index (χ4n) is 3.08. The number of aromatic nitrogens is 4. The number of esters is 1. The minimum absolute atomic E-state index is 0.157.